The van der Waals surface area contributed by atoms with Crippen molar-refractivity contribution >= 4 is 33.5 Å². The van der Waals surface area contributed by atoms with Crippen LogP contribution in [0.25, 0.3) is 33.3 Å². The molecule has 0 N–H and O–H groups in total. The second-order valence-corrected chi connectivity index (χ2v) is 5.77. The molecular formula is C18H9ClF3NO2. The van der Waals surface area contributed by atoms with Gasteiger partial charge in [0.25, 0.3) is 0 Å². The maximum Gasteiger partial charge on any atom is 0.573 e. The summed E-state index contributed by atoms with van der Waals surface area (Å²) in [5, 5.41) is 1.88. The first-order valence-electron chi connectivity index (χ1n) is 7.24. The topological polar surface area (TPSA) is 35.3 Å². The van der Waals surface area contributed by atoms with Crippen LogP contribution in [-0.4, -0.2) is 11.3 Å². The van der Waals surface area contributed by atoms with Crippen LogP contribution < -0.4 is 4.74 Å². The molecular weight excluding hydrogens is 355 g/mol. The summed E-state index contributed by atoms with van der Waals surface area (Å²) in [7, 11) is 0. The minimum Gasteiger partial charge on any atom is -0.454 e. The number of pyridine rings is 1. The average Bonchev–Trinajstić information content (AvgIpc) is 2.97. The Balaban J connectivity index is 1.78. The summed E-state index contributed by atoms with van der Waals surface area (Å²) >= 11 is 6.16. The molecule has 0 radical (unpaired) electrons. The molecule has 0 spiro atoms. The Kier molecular flexibility index (Phi) is 3.58. The minimum absolute atomic E-state index is 0.304. The lowest BCUT2D eigenvalue weighted by Crippen LogP contribution is -2.16. The van der Waals surface area contributed by atoms with Crippen LogP contribution in [0.4, 0.5) is 13.2 Å². The first-order chi connectivity index (χ1) is 11.9. The van der Waals surface area contributed by atoms with Crippen LogP contribution in [0.2, 0.25) is 5.02 Å². The molecule has 2 heterocycles. The van der Waals surface area contributed by atoms with Crippen molar-refractivity contribution in [3.05, 3.63) is 59.6 Å². The van der Waals surface area contributed by atoms with Crippen LogP contribution in [-0.2, 0) is 0 Å². The summed E-state index contributed by atoms with van der Waals surface area (Å²) in [6, 6.07) is 14.6. The minimum atomic E-state index is -4.74. The van der Waals surface area contributed by atoms with Gasteiger partial charge in [0.05, 0.1) is 10.5 Å². The highest BCUT2D eigenvalue weighted by molar-refractivity contribution is 6.35. The molecule has 0 saturated carbocycles. The van der Waals surface area contributed by atoms with E-state index in [4.69, 9.17) is 16.0 Å². The van der Waals surface area contributed by atoms with Gasteiger partial charge in [-0.2, -0.15) is 0 Å². The Labute approximate surface area is 144 Å². The van der Waals surface area contributed by atoms with Gasteiger partial charge in [-0.1, -0.05) is 29.8 Å². The molecule has 0 amide bonds. The number of furan rings is 1. The molecule has 0 aliphatic carbocycles. The molecule has 4 aromatic rings. The number of rotatable bonds is 2. The van der Waals surface area contributed by atoms with Crippen LogP contribution in [0.5, 0.6) is 5.75 Å². The Morgan fingerprint density at radius 2 is 1.80 bits per heavy atom. The fourth-order valence-corrected chi connectivity index (χ4v) is 2.82. The molecule has 0 bridgehead atoms. The third kappa shape index (κ3) is 3.13. The molecule has 0 unspecified atom stereocenters. The lowest BCUT2D eigenvalue weighted by atomic mass is 10.2. The number of ether oxygens (including phenoxy) is 1. The number of benzene rings is 2. The summed E-state index contributed by atoms with van der Waals surface area (Å²) in [5.74, 6) is 0.128. The maximum atomic E-state index is 12.3. The van der Waals surface area contributed by atoms with Crippen molar-refractivity contribution in [2.24, 2.45) is 0 Å². The van der Waals surface area contributed by atoms with E-state index in [0.29, 0.717) is 33.0 Å². The van der Waals surface area contributed by atoms with Crippen LogP contribution in [0.1, 0.15) is 0 Å². The standard InChI is InChI=1S/C18H9ClF3NO2/c19-13-3-1-2-10-4-6-14(23-17(10)13)16-9-11-8-12(25-18(20,21)22)5-7-15(11)24-16/h1-9H. The molecule has 7 heteroatoms. The Morgan fingerprint density at radius 3 is 2.60 bits per heavy atom. The Morgan fingerprint density at radius 1 is 0.960 bits per heavy atom. The van der Waals surface area contributed by atoms with E-state index in [0.717, 1.165) is 5.39 Å². The summed E-state index contributed by atoms with van der Waals surface area (Å²) in [4.78, 5) is 4.49. The van der Waals surface area contributed by atoms with Gasteiger partial charge in [0, 0.05) is 10.8 Å². The molecule has 2 aromatic carbocycles. The van der Waals surface area contributed by atoms with Crippen molar-refractivity contribution in [3.63, 3.8) is 0 Å². The van der Waals surface area contributed by atoms with Crippen molar-refractivity contribution in [1.29, 1.82) is 0 Å². The molecule has 3 nitrogen and oxygen atoms in total. The van der Waals surface area contributed by atoms with Crippen molar-refractivity contribution in [1.82, 2.24) is 4.98 Å². The van der Waals surface area contributed by atoms with Gasteiger partial charge in [0.15, 0.2) is 5.76 Å². The lowest BCUT2D eigenvalue weighted by Gasteiger charge is -2.07. The van der Waals surface area contributed by atoms with Crippen molar-refractivity contribution in [2.75, 3.05) is 0 Å². The summed E-state index contributed by atoms with van der Waals surface area (Å²) in [6.45, 7) is 0. The van der Waals surface area contributed by atoms with Gasteiger partial charge in [0.1, 0.15) is 17.0 Å². The second kappa shape index (κ2) is 5.67. The number of para-hydroxylation sites is 1. The van der Waals surface area contributed by atoms with Gasteiger partial charge in [-0.3, -0.25) is 0 Å². The molecule has 2 aromatic heterocycles. The first kappa shape index (κ1) is 15.8. The van der Waals surface area contributed by atoms with Crippen LogP contribution >= 0.6 is 11.6 Å². The highest BCUT2D eigenvalue weighted by atomic mass is 35.5. The second-order valence-electron chi connectivity index (χ2n) is 5.37. The number of fused-ring (bicyclic) bond motifs is 2. The fourth-order valence-electron chi connectivity index (χ4n) is 2.59. The van der Waals surface area contributed by atoms with Gasteiger partial charge < -0.3 is 9.15 Å². The predicted molar refractivity (Wildman–Crippen MR) is 88.6 cm³/mol. The largest absolute Gasteiger partial charge is 0.573 e. The molecule has 0 atom stereocenters. The van der Waals surface area contributed by atoms with Gasteiger partial charge in [-0.25, -0.2) is 4.98 Å². The monoisotopic (exact) mass is 363 g/mol. The Hall–Kier alpha value is -2.73. The molecule has 0 saturated heterocycles. The number of hydrogen-bond acceptors (Lipinski definition) is 3. The van der Waals surface area contributed by atoms with E-state index < -0.39 is 6.36 Å². The average molecular weight is 364 g/mol. The normalized spacial score (nSPS) is 12.0. The van der Waals surface area contributed by atoms with Crippen molar-refractivity contribution in [3.8, 4) is 17.2 Å². The van der Waals surface area contributed by atoms with Crippen molar-refractivity contribution in [2.45, 2.75) is 6.36 Å². The van der Waals surface area contributed by atoms with Crippen LogP contribution in [0, 0.1) is 0 Å². The van der Waals surface area contributed by atoms with E-state index in [1.165, 1.54) is 18.2 Å². The third-order valence-corrected chi connectivity index (χ3v) is 3.95. The fraction of sp³-hybridized carbons (Fsp3) is 0.0556. The quantitative estimate of drug-likeness (QED) is 0.425. The molecule has 0 fully saturated rings. The van der Waals surface area contributed by atoms with E-state index in [-0.39, 0.29) is 5.75 Å². The smallest absolute Gasteiger partial charge is 0.454 e. The number of nitrogens with zero attached hydrogens (tertiary/aromatic N) is 1. The summed E-state index contributed by atoms with van der Waals surface area (Å²) in [5.41, 5.74) is 1.60. The van der Waals surface area contributed by atoms with Crippen LogP contribution in [0.3, 0.4) is 0 Å². The molecule has 0 aliphatic rings. The van der Waals surface area contributed by atoms with E-state index in [1.54, 1.807) is 18.2 Å². The van der Waals surface area contributed by atoms with Gasteiger partial charge >= 0.3 is 6.36 Å². The highest BCUT2D eigenvalue weighted by Crippen LogP contribution is 2.32. The molecule has 126 valence electrons. The molecule has 0 aliphatic heterocycles. The van der Waals surface area contributed by atoms with Gasteiger partial charge in [0.2, 0.25) is 0 Å². The van der Waals surface area contributed by atoms with Crippen molar-refractivity contribution < 1.29 is 22.3 Å². The van der Waals surface area contributed by atoms with E-state index >= 15 is 0 Å². The number of alkyl halides is 3. The zero-order valence-electron chi connectivity index (χ0n) is 12.5. The number of aromatic nitrogens is 1. The third-order valence-electron chi connectivity index (χ3n) is 3.64. The van der Waals surface area contributed by atoms with E-state index in [2.05, 4.69) is 9.72 Å². The zero-order chi connectivity index (χ0) is 17.6. The number of hydrogen-bond donors (Lipinski definition) is 0. The maximum absolute atomic E-state index is 12.3. The number of halogens is 4. The molecule has 25 heavy (non-hydrogen) atoms. The van der Waals surface area contributed by atoms with E-state index in [9.17, 15) is 13.2 Å². The highest BCUT2D eigenvalue weighted by Gasteiger charge is 2.31. The predicted octanol–water partition coefficient (Wildman–Crippen LogP) is 6.20. The zero-order valence-corrected chi connectivity index (χ0v) is 13.2. The van der Waals surface area contributed by atoms with Gasteiger partial charge in [-0.15, -0.1) is 13.2 Å². The summed E-state index contributed by atoms with van der Waals surface area (Å²) < 4.78 is 46.6. The first-order valence-corrected chi connectivity index (χ1v) is 7.62. The SMILES string of the molecule is FC(F)(F)Oc1ccc2oc(-c3ccc4cccc(Cl)c4n3)cc2c1. The summed E-state index contributed by atoms with van der Waals surface area (Å²) in [6.07, 6.45) is -4.74. The van der Waals surface area contributed by atoms with Gasteiger partial charge in [-0.05, 0) is 36.4 Å². The molecule has 4 rings (SSSR count). The Bertz CT molecular complexity index is 1090. The van der Waals surface area contributed by atoms with E-state index in [1.807, 2.05) is 18.2 Å². The van der Waals surface area contributed by atoms with Crippen LogP contribution in [0.15, 0.2) is 59.0 Å². The lowest BCUT2D eigenvalue weighted by molar-refractivity contribution is -0.274.